The van der Waals surface area contributed by atoms with Crippen LogP contribution >= 0.6 is 0 Å². The number of hydrogen-bond donors (Lipinski definition) is 1. The van der Waals surface area contributed by atoms with Gasteiger partial charge in [-0.25, -0.2) is 0 Å². The number of anilines is 2. The average molecular weight is 725 g/mol. The van der Waals surface area contributed by atoms with Gasteiger partial charge in [-0.3, -0.25) is 0 Å². The molecule has 0 saturated carbocycles. The van der Waals surface area contributed by atoms with E-state index in [1.807, 2.05) is 0 Å². The van der Waals surface area contributed by atoms with Crippen LogP contribution in [0.25, 0.3) is 72.0 Å². The van der Waals surface area contributed by atoms with Gasteiger partial charge in [-0.2, -0.15) is 0 Å². The van der Waals surface area contributed by atoms with Gasteiger partial charge in [0.15, 0.2) is 0 Å². The molecule has 0 atom stereocenters. The van der Waals surface area contributed by atoms with E-state index in [0.717, 1.165) is 11.4 Å². The standard InChI is InChI=1S/C55H36N2/c1-3-15-37(16-4-1)53-50(33-32-45-43-21-9-13-25-49(43)55(54(45)53)47-23-11-7-19-41(47)42-20-8-12-24-48(42)55)56-39-30-27-36(28-31-39)38-29-34-52-46(35-38)44-22-10-14-26-51(44)57(52)40-17-5-2-6-18-40/h1-35,56H. The molecule has 0 fully saturated rings. The minimum atomic E-state index is -0.450. The van der Waals surface area contributed by atoms with Crippen LogP contribution < -0.4 is 5.32 Å². The van der Waals surface area contributed by atoms with Crippen LogP contribution in [0.5, 0.6) is 0 Å². The number of rotatable bonds is 5. The fraction of sp³-hybridized carbons (Fsp3) is 0.0182. The number of benzene rings is 9. The van der Waals surface area contributed by atoms with Gasteiger partial charge in [0.05, 0.1) is 16.4 Å². The topological polar surface area (TPSA) is 17.0 Å². The molecule has 10 aromatic rings. The summed E-state index contributed by atoms with van der Waals surface area (Å²) in [7, 11) is 0. The second-order valence-corrected chi connectivity index (χ2v) is 15.3. The molecule has 1 heterocycles. The van der Waals surface area contributed by atoms with Gasteiger partial charge < -0.3 is 9.88 Å². The Hall–Kier alpha value is -7.42. The van der Waals surface area contributed by atoms with Gasteiger partial charge in [-0.1, -0.05) is 164 Å². The first-order valence-corrected chi connectivity index (χ1v) is 19.8. The quantitative estimate of drug-likeness (QED) is 0.187. The van der Waals surface area contributed by atoms with Crippen LogP contribution in [0.1, 0.15) is 22.3 Å². The molecule has 0 aliphatic heterocycles. The third-order valence-corrected chi connectivity index (χ3v) is 12.4. The summed E-state index contributed by atoms with van der Waals surface area (Å²) in [6, 6.07) is 77.9. The molecule has 0 radical (unpaired) electrons. The highest BCUT2D eigenvalue weighted by molar-refractivity contribution is 6.10. The lowest BCUT2D eigenvalue weighted by Gasteiger charge is -2.33. The zero-order valence-electron chi connectivity index (χ0n) is 31.2. The molecule has 266 valence electrons. The summed E-state index contributed by atoms with van der Waals surface area (Å²) in [6.45, 7) is 0. The molecule has 2 nitrogen and oxygen atoms in total. The Morgan fingerprint density at radius 2 is 0.912 bits per heavy atom. The van der Waals surface area contributed by atoms with Crippen molar-refractivity contribution in [3.05, 3.63) is 235 Å². The smallest absolute Gasteiger partial charge is 0.0732 e. The molecular formula is C55H36N2. The van der Waals surface area contributed by atoms with E-state index in [1.54, 1.807) is 0 Å². The van der Waals surface area contributed by atoms with Gasteiger partial charge in [0.25, 0.3) is 0 Å². The lowest BCUT2D eigenvalue weighted by atomic mass is 9.68. The maximum Gasteiger partial charge on any atom is 0.0732 e. The van der Waals surface area contributed by atoms with Crippen LogP contribution in [-0.2, 0) is 5.41 Å². The first kappa shape index (κ1) is 31.9. The van der Waals surface area contributed by atoms with Crippen molar-refractivity contribution in [2.75, 3.05) is 5.32 Å². The highest BCUT2D eigenvalue weighted by atomic mass is 15.0. The van der Waals surface area contributed by atoms with Crippen molar-refractivity contribution in [1.29, 1.82) is 0 Å². The zero-order chi connectivity index (χ0) is 37.5. The lowest BCUT2D eigenvalue weighted by Crippen LogP contribution is -2.27. The molecular weight excluding hydrogens is 689 g/mol. The third kappa shape index (κ3) is 4.53. The van der Waals surface area contributed by atoms with E-state index in [1.165, 1.54) is 94.3 Å². The zero-order valence-corrected chi connectivity index (χ0v) is 31.2. The molecule has 12 rings (SSSR count). The molecule has 9 aromatic carbocycles. The maximum absolute atomic E-state index is 3.93. The molecule has 1 spiro atoms. The van der Waals surface area contributed by atoms with E-state index < -0.39 is 5.41 Å². The molecule has 57 heavy (non-hydrogen) atoms. The molecule has 0 bridgehead atoms. The summed E-state index contributed by atoms with van der Waals surface area (Å²) in [6.07, 6.45) is 0. The molecule has 1 aromatic heterocycles. The Kier molecular flexibility index (Phi) is 6.88. The normalized spacial score (nSPS) is 13.1. The summed E-state index contributed by atoms with van der Waals surface area (Å²) in [5.41, 5.74) is 20.7. The van der Waals surface area contributed by atoms with E-state index in [0.29, 0.717) is 0 Å². The first-order chi connectivity index (χ1) is 28.3. The van der Waals surface area contributed by atoms with E-state index in [-0.39, 0.29) is 0 Å². The summed E-state index contributed by atoms with van der Waals surface area (Å²) in [4.78, 5) is 0. The highest BCUT2D eigenvalue weighted by Crippen LogP contribution is 2.65. The van der Waals surface area contributed by atoms with Crippen LogP contribution in [0.2, 0.25) is 0 Å². The third-order valence-electron chi connectivity index (χ3n) is 12.4. The number of fused-ring (bicyclic) bond motifs is 13. The second-order valence-electron chi connectivity index (χ2n) is 15.3. The molecule has 1 N–H and O–H groups in total. The van der Waals surface area contributed by atoms with E-state index in [9.17, 15) is 0 Å². The molecule has 0 saturated heterocycles. The van der Waals surface area contributed by atoms with E-state index >= 15 is 0 Å². The fourth-order valence-electron chi connectivity index (χ4n) is 10.1. The van der Waals surface area contributed by atoms with Crippen molar-refractivity contribution in [3.8, 4) is 50.2 Å². The Morgan fingerprint density at radius 1 is 0.368 bits per heavy atom. The largest absolute Gasteiger partial charge is 0.355 e. The molecule has 2 aliphatic carbocycles. The Morgan fingerprint density at radius 3 is 1.60 bits per heavy atom. The highest BCUT2D eigenvalue weighted by Gasteiger charge is 2.53. The lowest BCUT2D eigenvalue weighted by molar-refractivity contribution is 0.796. The number of nitrogens with zero attached hydrogens (tertiary/aromatic N) is 1. The number of aromatic nitrogens is 1. The van der Waals surface area contributed by atoms with Crippen molar-refractivity contribution < 1.29 is 0 Å². The van der Waals surface area contributed by atoms with Crippen LogP contribution in [0.15, 0.2) is 212 Å². The number of hydrogen-bond acceptors (Lipinski definition) is 1. The first-order valence-electron chi connectivity index (χ1n) is 19.8. The Balaban J connectivity index is 1.000. The van der Waals surface area contributed by atoms with Crippen LogP contribution in [0.4, 0.5) is 11.4 Å². The van der Waals surface area contributed by atoms with Crippen LogP contribution in [0, 0.1) is 0 Å². The molecule has 2 heteroatoms. The van der Waals surface area contributed by atoms with Crippen LogP contribution in [-0.4, -0.2) is 4.57 Å². The maximum atomic E-state index is 3.93. The van der Waals surface area contributed by atoms with Gasteiger partial charge >= 0.3 is 0 Å². The Bertz CT molecular complexity index is 3130. The van der Waals surface area contributed by atoms with Crippen molar-refractivity contribution in [2.24, 2.45) is 0 Å². The second kappa shape index (κ2) is 12.3. The van der Waals surface area contributed by atoms with Gasteiger partial charge in [-0.15, -0.1) is 0 Å². The molecule has 2 aliphatic rings. The van der Waals surface area contributed by atoms with Crippen molar-refractivity contribution >= 4 is 33.2 Å². The summed E-state index contributed by atoms with van der Waals surface area (Å²) < 4.78 is 2.37. The predicted molar refractivity (Wildman–Crippen MR) is 238 cm³/mol. The number of nitrogens with one attached hydrogen (secondary N) is 1. The monoisotopic (exact) mass is 724 g/mol. The predicted octanol–water partition coefficient (Wildman–Crippen LogP) is 14.2. The minimum absolute atomic E-state index is 0.450. The SMILES string of the molecule is c1ccc(-c2c(Nc3ccc(-c4ccc5c(c4)c4ccccc4n5-c4ccccc4)cc3)ccc3c2C2(c4ccccc4-c4ccccc42)c2ccccc2-3)cc1. The van der Waals surface area contributed by atoms with E-state index in [2.05, 4.69) is 222 Å². The van der Waals surface area contributed by atoms with Crippen LogP contribution in [0.3, 0.4) is 0 Å². The Labute approximate surface area is 332 Å². The van der Waals surface area contributed by atoms with Crippen molar-refractivity contribution in [2.45, 2.75) is 5.41 Å². The van der Waals surface area contributed by atoms with Gasteiger partial charge in [0.2, 0.25) is 0 Å². The molecule has 0 unspecified atom stereocenters. The van der Waals surface area contributed by atoms with Gasteiger partial charge in [-0.05, 0) is 110 Å². The van der Waals surface area contributed by atoms with Crippen molar-refractivity contribution in [3.63, 3.8) is 0 Å². The van der Waals surface area contributed by atoms with E-state index in [4.69, 9.17) is 0 Å². The van der Waals surface area contributed by atoms with Gasteiger partial charge in [0, 0.05) is 33.4 Å². The fourth-order valence-corrected chi connectivity index (χ4v) is 10.1. The summed E-state index contributed by atoms with van der Waals surface area (Å²) >= 11 is 0. The van der Waals surface area contributed by atoms with Crippen molar-refractivity contribution in [1.82, 2.24) is 4.57 Å². The molecule has 0 amide bonds. The average Bonchev–Trinajstić information content (AvgIpc) is 3.89. The number of para-hydroxylation sites is 2. The summed E-state index contributed by atoms with van der Waals surface area (Å²) in [5.74, 6) is 0. The van der Waals surface area contributed by atoms with Gasteiger partial charge in [0.1, 0.15) is 0 Å². The summed E-state index contributed by atoms with van der Waals surface area (Å²) in [5, 5.41) is 6.45. The minimum Gasteiger partial charge on any atom is -0.355 e.